The topological polar surface area (TPSA) is 90.2 Å². The van der Waals surface area contributed by atoms with Crippen LogP contribution in [0.1, 0.15) is 77.6 Å². The summed E-state index contributed by atoms with van der Waals surface area (Å²) in [5.74, 6) is 0. The van der Waals surface area contributed by atoms with Crippen molar-refractivity contribution in [3.05, 3.63) is 0 Å². The zero-order valence-electron chi connectivity index (χ0n) is 18.8. The lowest BCUT2D eigenvalue weighted by Crippen LogP contribution is -3.00. The van der Waals surface area contributed by atoms with Gasteiger partial charge in [0, 0.05) is 6.42 Å². The number of hydrogen-bond acceptors (Lipinski definition) is 5. The zero-order valence-corrected chi connectivity index (χ0v) is 19.6. The lowest BCUT2D eigenvalue weighted by Gasteiger charge is -2.41. The monoisotopic (exact) mass is 439 g/mol. The first-order valence-corrected chi connectivity index (χ1v) is 11.4. The summed E-state index contributed by atoms with van der Waals surface area (Å²) < 4.78 is 6.45. The van der Waals surface area contributed by atoms with E-state index in [1.165, 1.54) is 64.2 Å². The molecule has 0 aromatic rings. The molecular weight excluding hydrogens is 394 g/mol. The number of rotatable bonds is 15. The minimum absolute atomic E-state index is 0. The quantitative estimate of drug-likeness (QED) is 0.198. The average molecular weight is 440 g/mol. The molecule has 176 valence electrons. The summed E-state index contributed by atoms with van der Waals surface area (Å²) in [6, 6.07) is 0. The summed E-state index contributed by atoms with van der Waals surface area (Å²) in [4.78, 5) is 0. The van der Waals surface area contributed by atoms with E-state index in [0.29, 0.717) is 6.42 Å². The van der Waals surface area contributed by atoms with Crippen molar-refractivity contribution in [3.8, 4) is 0 Å². The maximum absolute atomic E-state index is 10.2. The van der Waals surface area contributed by atoms with Crippen LogP contribution in [0.3, 0.4) is 0 Å². The first kappa shape index (κ1) is 29.1. The Kier molecular flexibility index (Phi) is 15.8. The van der Waals surface area contributed by atoms with E-state index in [9.17, 15) is 20.4 Å². The minimum atomic E-state index is -1.27. The van der Waals surface area contributed by atoms with Gasteiger partial charge in [-0.25, -0.2) is 0 Å². The smallest absolute Gasteiger partial charge is 0.111 e. The number of ether oxygens (including phenoxy) is 1. The molecule has 7 heteroatoms. The van der Waals surface area contributed by atoms with E-state index in [4.69, 9.17) is 4.74 Å². The molecule has 0 radical (unpaired) electrons. The highest BCUT2D eigenvalue weighted by molar-refractivity contribution is 4.91. The Morgan fingerprint density at radius 2 is 1.17 bits per heavy atom. The molecule has 1 fully saturated rings. The molecule has 0 aromatic carbocycles. The molecule has 0 amide bonds. The van der Waals surface area contributed by atoms with E-state index in [1.54, 1.807) is 0 Å². The van der Waals surface area contributed by atoms with E-state index >= 15 is 0 Å². The number of quaternary nitrogens is 1. The number of hydrogen-bond donors (Lipinski definition) is 4. The van der Waals surface area contributed by atoms with E-state index in [-0.39, 0.29) is 19.0 Å². The summed E-state index contributed by atoms with van der Waals surface area (Å²) in [5, 5.41) is 39.2. The summed E-state index contributed by atoms with van der Waals surface area (Å²) >= 11 is 0. The van der Waals surface area contributed by atoms with Crippen LogP contribution in [-0.2, 0) is 4.74 Å². The molecule has 0 aliphatic carbocycles. The Bertz CT molecular complexity index is 397. The van der Waals surface area contributed by atoms with E-state index in [1.807, 2.05) is 0 Å². The van der Waals surface area contributed by atoms with Gasteiger partial charge in [0.1, 0.15) is 24.4 Å². The molecule has 6 nitrogen and oxygen atoms in total. The molecule has 0 aromatic heterocycles. The van der Waals surface area contributed by atoms with Gasteiger partial charge in [-0.3, -0.25) is 0 Å². The van der Waals surface area contributed by atoms with Gasteiger partial charge in [0.05, 0.1) is 39.9 Å². The third kappa shape index (κ3) is 11.3. The predicted molar refractivity (Wildman–Crippen MR) is 112 cm³/mol. The van der Waals surface area contributed by atoms with Gasteiger partial charge >= 0.3 is 0 Å². The standard InChI is InChI=1S/C22H46NO5.ClH/c1-4-5-6-7-8-9-10-11-12-13-15-23(2,3)16-14-18-20(25)22(27)21(26)19(17-24)28-18;/h18-22,24-27H,4-17H2,1-3H3;1H/q+1;/p-1/t18?,19-,20+,21-,22-;/m1./s1. The van der Waals surface area contributed by atoms with Crippen LogP contribution in [0.2, 0.25) is 0 Å². The van der Waals surface area contributed by atoms with Gasteiger partial charge in [-0.15, -0.1) is 0 Å². The van der Waals surface area contributed by atoms with Crippen molar-refractivity contribution in [3.63, 3.8) is 0 Å². The number of aliphatic hydroxyl groups is 4. The molecule has 1 aliphatic rings. The van der Waals surface area contributed by atoms with Gasteiger partial charge in [-0.05, 0) is 12.8 Å². The van der Waals surface area contributed by atoms with Crippen LogP contribution in [-0.4, -0.2) is 89.2 Å². The molecule has 1 rings (SSSR count). The largest absolute Gasteiger partial charge is 1.00 e. The first-order chi connectivity index (χ1) is 13.3. The van der Waals surface area contributed by atoms with Crippen LogP contribution < -0.4 is 12.4 Å². The second kappa shape index (κ2) is 15.8. The van der Waals surface area contributed by atoms with E-state index < -0.39 is 30.5 Å². The lowest BCUT2D eigenvalue weighted by molar-refractivity contribution is -0.891. The minimum Gasteiger partial charge on any atom is -1.00 e. The molecule has 0 spiro atoms. The molecule has 4 N–H and O–H groups in total. The molecule has 1 aliphatic heterocycles. The van der Waals surface area contributed by atoms with Crippen molar-refractivity contribution in [2.45, 2.75) is 108 Å². The Morgan fingerprint density at radius 3 is 1.69 bits per heavy atom. The highest BCUT2D eigenvalue weighted by Crippen LogP contribution is 2.24. The normalized spacial score (nSPS) is 27.6. The van der Waals surface area contributed by atoms with Gasteiger partial charge in [-0.2, -0.15) is 0 Å². The van der Waals surface area contributed by atoms with Crippen molar-refractivity contribution in [2.24, 2.45) is 0 Å². The fourth-order valence-electron chi connectivity index (χ4n) is 4.03. The summed E-state index contributed by atoms with van der Waals surface area (Å²) in [6.45, 7) is 3.79. The molecule has 5 atom stereocenters. The van der Waals surface area contributed by atoms with Crippen LogP contribution in [0.15, 0.2) is 0 Å². The van der Waals surface area contributed by atoms with Gasteiger partial charge in [0.15, 0.2) is 0 Å². The van der Waals surface area contributed by atoms with Crippen molar-refractivity contribution in [1.29, 1.82) is 0 Å². The molecule has 0 bridgehead atoms. The maximum Gasteiger partial charge on any atom is 0.111 e. The molecule has 29 heavy (non-hydrogen) atoms. The molecule has 1 saturated heterocycles. The maximum atomic E-state index is 10.2. The van der Waals surface area contributed by atoms with Crippen molar-refractivity contribution < 1.29 is 42.1 Å². The summed E-state index contributed by atoms with van der Waals surface area (Å²) in [6.07, 6.45) is 8.86. The van der Waals surface area contributed by atoms with Crippen molar-refractivity contribution in [2.75, 3.05) is 33.8 Å². The van der Waals surface area contributed by atoms with Crippen LogP contribution in [0.4, 0.5) is 0 Å². The molecule has 0 saturated carbocycles. The predicted octanol–water partition coefficient (Wildman–Crippen LogP) is -0.780. The fraction of sp³-hybridized carbons (Fsp3) is 1.00. The third-order valence-electron chi connectivity index (χ3n) is 6.13. The van der Waals surface area contributed by atoms with Crippen LogP contribution in [0.5, 0.6) is 0 Å². The van der Waals surface area contributed by atoms with Crippen LogP contribution in [0, 0.1) is 0 Å². The second-order valence-electron chi connectivity index (χ2n) is 9.22. The third-order valence-corrected chi connectivity index (χ3v) is 6.13. The molecular formula is C22H46ClNO5. The van der Waals surface area contributed by atoms with E-state index in [0.717, 1.165) is 17.6 Å². The molecule has 1 heterocycles. The highest BCUT2D eigenvalue weighted by atomic mass is 35.5. The van der Waals surface area contributed by atoms with Gasteiger partial charge < -0.3 is 42.1 Å². The summed E-state index contributed by atoms with van der Waals surface area (Å²) in [7, 11) is 4.36. The van der Waals surface area contributed by atoms with Crippen molar-refractivity contribution in [1.82, 2.24) is 0 Å². The number of halogens is 1. The number of nitrogens with zero attached hydrogens (tertiary/aromatic N) is 1. The fourth-order valence-corrected chi connectivity index (χ4v) is 4.03. The summed E-state index contributed by atoms with van der Waals surface area (Å²) in [5.41, 5.74) is 0. The number of unbranched alkanes of at least 4 members (excludes halogenated alkanes) is 9. The Balaban J connectivity index is 0.00000784. The first-order valence-electron chi connectivity index (χ1n) is 11.4. The van der Waals surface area contributed by atoms with Gasteiger partial charge in [-0.1, -0.05) is 58.3 Å². The van der Waals surface area contributed by atoms with Gasteiger partial charge in [0.25, 0.3) is 0 Å². The Morgan fingerprint density at radius 1 is 0.690 bits per heavy atom. The zero-order chi connectivity index (χ0) is 21.0. The highest BCUT2D eigenvalue weighted by Gasteiger charge is 2.43. The number of aliphatic hydroxyl groups excluding tert-OH is 4. The average Bonchev–Trinajstić information content (AvgIpc) is 2.67. The molecule has 1 unspecified atom stereocenters. The van der Waals surface area contributed by atoms with Crippen molar-refractivity contribution >= 4 is 0 Å². The van der Waals surface area contributed by atoms with Gasteiger partial charge in [0.2, 0.25) is 0 Å². The van der Waals surface area contributed by atoms with Crippen LogP contribution in [0.25, 0.3) is 0 Å². The van der Waals surface area contributed by atoms with E-state index in [2.05, 4.69) is 21.0 Å². The Labute approximate surface area is 184 Å². The lowest BCUT2D eigenvalue weighted by atomic mass is 9.93. The Hall–Kier alpha value is 0.0500. The van der Waals surface area contributed by atoms with Crippen LogP contribution >= 0.6 is 0 Å². The second-order valence-corrected chi connectivity index (χ2v) is 9.22. The SMILES string of the molecule is CCCCCCCCCCCC[N+](C)(C)CCC1O[C@H](CO)[C@@H](O)[C@H](O)[C@H]1O.[Cl-].